The molecule has 0 saturated carbocycles. The molecular formula is C26H28N6O4S. The molecule has 2 aromatic carbocycles. The smallest absolute Gasteiger partial charge is 0.322 e. The number of nitrogens with one attached hydrogen (secondary N) is 1. The number of nitrogens with zero attached hydrogens (tertiary/aromatic N) is 5. The van der Waals surface area contributed by atoms with Crippen LogP contribution in [0.1, 0.15) is 12.6 Å². The summed E-state index contributed by atoms with van der Waals surface area (Å²) in [6.07, 6.45) is 0. The van der Waals surface area contributed by atoms with Gasteiger partial charge in [-0.25, -0.2) is 9.78 Å². The van der Waals surface area contributed by atoms with Gasteiger partial charge in [0.2, 0.25) is 4.96 Å². The molecular weight excluding hydrogens is 492 g/mol. The van der Waals surface area contributed by atoms with Crippen molar-refractivity contribution in [1.29, 1.82) is 0 Å². The Bertz CT molecular complexity index is 1460. The maximum absolute atomic E-state index is 12.8. The van der Waals surface area contributed by atoms with Crippen molar-refractivity contribution in [2.75, 3.05) is 45.2 Å². The van der Waals surface area contributed by atoms with Gasteiger partial charge in [-0.1, -0.05) is 35.6 Å². The second kappa shape index (κ2) is 11.0. The van der Waals surface area contributed by atoms with E-state index >= 15 is 0 Å². The molecule has 0 unspecified atom stereocenters. The van der Waals surface area contributed by atoms with Gasteiger partial charge >= 0.3 is 6.03 Å². The zero-order chi connectivity index (χ0) is 25.8. The standard InChI is InChI=1S/C26H28N6O4S/c1-3-36-22-11-7-5-9-20(22)28-25(34)31-14-12-30(13-15-31)17-18-16-23(33)32-26(27-18)37-24(29-32)19-8-4-6-10-21(19)35-2/h4-11,16H,3,12-15,17H2,1-2H3,(H,28,34). The Labute approximate surface area is 218 Å². The van der Waals surface area contributed by atoms with Crippen LogP contribution in [0.5, 0.6) is 11.5 Å². The van der Waals surface area contributed by atoms with Crippen molar-refractivity contribution in [2.45, 2.75) is 13.5 Å². The SMILES string of the molecule is CCOc1ccccc1NC(=O)N1CCN(Cc2cc(=O)n3nc(-c4ccccc4OC)sc3n2)CC1. The molecule has 1 fully saturated rings. The number of urea groups is 1. The second-order valence-electron chi connectivity index (χ2n) is 8.51. The summed E-state index contributed by atoms with van der Waals surface area (Å²) < 4.78 is 12.4. The van der Waals surface area contributed by atoms with E-state index in [1.54, 1.807) is 12.0 Å². The fourth-order valence-electron chi connectivity index (χ4n) is 4.25. The van der Waals surface area contributed by atoms with Gasteiger partial charge in [0.05, 0.1) is 30.7 Å². The van der Waals surface area contributed by atoms with Crippen LogP contribution >= 0.6 is 11.3 Å². The molecule has 1 aliphatic rings. The molecule has 3 heterocycles. The number of rotatable bonds is 7. The summed E-state index contributed by atoms with van der Waals surface area (Å²) in [4.78, 5) is 34.8. The number of piperazine rings is 1. The minimum absolute atomic E-state index is 0.155. The molecule has 4 aromatic rings. The van der Waals surface area contributed by atoms with Crippen molar-refractivity contribution >= 4 is 28.0 Å². The Morgan fingerprint density at radius 2 is 1.78 bits per heavy atom. The molecule has 0 radical (unpaired) electrons. The molecule has 2 amide bonds. The maximum Gasteiger partial charge on any atom is 0.322 e. The predicted octanol–water partition coefficient (Wildman–Crippen LogP) is 3.58. The van der Waals surface area contributed by atoms with E-state index in [9.17, 15) is 9.59 Å². The number of carbonyl (C=O) groups excluding carboxylic acids is 1. The quantitative estimate of drug-likeness (QED) is 0.398. The van der Waals surface area contributed by atoms with Gasteiger partial charge < -0.3 is 19.7 Å². The van der Waals surface area contributed by atoms with Gasteiger partial charge in [0.1, 0.15) is 11.5 Å². The molecule has 1 aliphatic heterocycles. The first kappa shape index (κ1) is 24.7. The molecule has 192 valence electrons. The highest BCUT2D eigenvalue weighted by molar-refractivity contribution is 7.19. The number of hydrogen-bond acceptors (Lipinski definition) is 8. The van der Waals surface area contributed by atoms with Crippen molar-refractivity contribution in [1.82, 2.24) is 24.4 Å². The van der Waals surface area contributed by atoms with Gasteiger partial charge in [-0.15, -0.1) is 0 Å². The number of fused-ring (bicyclic) bond motifs is 1. The number of hydrogen-bond donors (Lipinski definition) is 1. The van der Waals surface area contributed by atoms with E-state index in [-0.39, 0.29) is 11.6 Å². The van der Waals surface area contributed by atoms with Crippen molar-refractivity contribution in [2.24, 2.45) is 0 Å². The summed E-state index contributed by atoms with van der Waals surface area (Å²) in [5.41, 5.74) is 1.94. The van der Waals surface area contributed by atoms with E-state index in [0.717, 1.165) is 5.56 Å². The first-order valence-corrected chi connectivity index (χ1v) is 12.9. The minimum atomic E-state index is -0.219. The monoisotopic (exact) mass is 520 g/mol. The van der Waals surface area contributed by atoms with E-state index in [4.69, 9.17) is 14.5 Å². The second-order valence-corrected chi connectivity index (χ2v) is 9.47. The van der Waals surface area contributed by atoms with Gasteiger partial charge in [0.15, 0.2) is 5.01 Å². The zero-order valence-corrected chi connectivity index (χ0v) is 21.5. The van der Waals surface area contributed by atoms with Crippen LogP contribution < -0.4 is 20.3 Å². The highest BCUT2D eigenvalue weighted by Gasteiger charge is 2.23. The number of amides is 2. The fraction of sp³-hybridized carbons (Fsp3) is 0.308. The third-order valence-corrected chi connectivity index (χ3v) is 7.05. The Kier molecular flexibility index (Phi) is 7.33. The van der Waals surface area contributed by atoms with Crippen molar-refractivity contribution in [3.05, 3.63) is 70.6 Å². The van der Waals surface area contributed by atoms with E-state index in [0.29, 0.717) is 72.2 Å². The van der Waals surface area contributed by atoms with Crippen molar-refractivity contribution < 1.29 is 14.3 Å². The van der Waals surface area contributed by atoms with Crippen LogP contribution in [0.15, 0.2) is 59.4 Å². The molecule has 10 nitrogen and oxygen atoms in total. The number of para-hydroxylation sites is 3. The molecule has 1 N–H and O–H groups in total. The third kappa shape index (κ3) is 5.42. The lowest BCUT2D eigenvalue weighted by molar-refractivity contribution is 0.142. The highest BCUT2D eigenvalue weighted by Crippen LogP contribution is 2.32. The Hall–Kier alpha value is -3.96. The van der Waals surface area contributed by atoms with Crippen LogP contribution in [0.2, 0.25) is 0 Å². The molecule has 0 bridgehead atoms. The lowest BCUT2D eigenvalue weighted by atomic mass is 10.2. The zero-order valence-electron chi connectivity index (χ0n) is 20.7. The summed E-state index contributed by atoms with van der Waals surface area (Å²) in [6.45, 7) is 5.46. The van der Waals surface area contributed by atoms with Gasteiger partial charge in [-0.05, 0) is 31.2 Å². The number of carbonyl (C=O) groups is 1. The van der Waals surface area contributed by atoms with Gasteiger partial charge in [0.25, 0.3) is 5.56 Å². The summed E-state index contributed by atoms with van der Waals surface area (Å²) >= 11 is 1.35. The minimum Gasteiger partial charge on any atom is -0.496 e. The number of ether oxygens (including phenoxy) is 2. The average molecular weight is 521 g/mol. The van der Waals surface area contributed by atoms with Crippen LogP contribution in [-0.4, -0.2) is 70.3 Å². The number of methoxy groups -OCH3 is 1. The van der Waals surface area contributed by atoms with E-state index in [2.05, 4.69) is 15.3 Å². The summed E-state index contributed by atoms with van der Waals surface area (Å²) in [5, 5.41) is 8.09. The van der Waals surface area contributed by atoms with E-state index in [1.165, 1.54) is 21.9 Å². The van der Waals surface area contributed by atoms with Crippen LogP contribution in [0.3, 0.4) is 0 Å². The van der Waals surface area contributed by atoms with Gasteiger partial charge in [0, 0.05) is 38.8 Å². The first-order chi connectivity index (χ1) is 18.1. The van der Waals surface area contributed by atoms with Crippen LogP contribution in [0, 0.1) is 0 Å². The Morgan fingerprint density at radius 3 is 2.54 bits per heavy atom. The fourth-order valence-corrected chi connectivity index (χ4v) is 5.21. The third-order valence-electron chi connectivity index (χ3n) is 6.11. The molecule has 5 rings (SSSR count). The average Bonchev–Trinajstić information content (AvgIpc) is 3.35. The normalized spacial score (nSPS) is 14.1. The lowest BCUT2D eigenvalue weighted by Gasteiger charge is -2.34. The number of anilines is 1. The maximum atomic E-state index is 12.8. The summed E-state index contributed by atoms with van der Waals surface area (Å²) in [7, 11) is 1.61. The van der Waals surface area contributed by atoms with Crippen LogP contribution in [0.4, 0.5) is 10.5 Å². The van der Waals surface area contributed by atoms with Crippen LogP contribution in [-0.2, 0) is 6.54 Å². The molecule has 2 aromatic heterocycles. The van der Waals surface area contributed by atoms with Crippen LogP contribution in [0.25, 0.3) is 15.5 Å². The number of benzene rings is 2. The topological polar surface area (TPSA) is 101 Å². The van der Waals surface area contributed by atoms with Gasteiger partial charge in [-0.2, -0.15) is 9.61 Å². The first-order valence-electron chi connectivity index (χ1n) is 12.1. The molecule has 11 heteroatoms. The highest BCUT2D eigenvalue weighted by atomic mass is 32.1. The predicted molar refractivity (Wildman–Crippen MR) is 143 cm³/mol. The lowest BCUT2D eigenvalue weighted by Crippen LogP contribution is -2.49. The largest absolute Gasteiger partial charge is 0.496 e. The van der Waals surface area contributed by atoms with Crippen molar-refractivity contribution in [3.63, 3.8) is 0 Å². The van der Waals surface area contributed by atoms with E-state index in [1.807, 2.05) is 55.5 Å². The summed E-state index contributed by atoms with van der Waals surface area (Å²) in [6, 6.07) is 16.4. The number of aromatic nitrogens is 3. The molecule has 1 saturated heterocycles. The van der Waals surface area contributed by atoms with Gasteiger partial charge in [-0.3, -0.25) is 9.69 Å². The Morgan fingerprint density at radius 1 is 1.05 bits per heavy atom. The summed E-state index contributed by atoms with van der Waals surface area (Å²) in [5.74, 6) is 1.35. The van der Waals surface area contributed by atoms with Crippen molar-refractivity contribution in [3.8, 4) is 22.1 Å². The Balaban J connectivity index is 1.23. The molecule has 0 atom stereocenters. The van der Waals surface area contributed by atoms with E-state index < -0.39 is 0 Å². The molecule has 0 aliphatic carbocycles. The molecule has 0 spiro atoms. The molecule has 37 heavy (non-hydrogen) atoms.